The number of aromatic nitrogens is 2. The fourth-order valence-electron chi connectivity index (χ4n) is 1.56. The predicted octanol–water partition coefficient (Wildman–Crippen LogP) is 0.161. The quantitative estimate of drug-likeness (QED) is 0.338. The molecular weight excluding hydrogens is 292 g/mol. The average Bonchev–Trinajstić information content (AvgIpc) is 2.46. The minimum absolute atomic E-state index is 0.0285. The molecule has 1 aromatic heterocycles. The monoisotopic (exact) mass is 316 g/mol. The molecule has 0 unspecified atom stereocenters. The molecular formula is C12H24N6O2S. The molecule has 0 fully saturated rings. The lowest BCUT2D eigenvalue weighted by atomic mass is 10.2. The van der Waals surface area contributed by atoms with E-state index in [0.717, 1.165) is 19.4 Å². The molecule has 0 bridgehead atoms. The first-order valence-electron chi connectivity index (χ1n) is 6.85. The first-order valence-corrected chi connectivity index (χ1v) is 8.33. The molecule has 9 heteroatoms. The van der Waals surface area contributed by atoms with Crippen LogP contribution < -0.4 is 16.0 Å². The summed E-state index contributed by atoms with van der Waals surface area (Å²) in [6.07, 6.45) is 4.15. The van der Waals surface area contributed by atoms with E-state index < -0.39 is 10.0 Å². The molecule has 120 valence electrons. The van der Waals surface area contributed by atoms with Gasteiger partial charge in [0.05, 0.1) is 12.4 Å². The van der Waals surface area contributed by atoms with Crippen molar-refractivity contribution in [2.45, 2.75) is 37.6 Å². The molecule has 8 nitrogen and oxygen atoms in total. The van der Waals surface area contributed by atoms with Crippen LogP contribution in [0.3, 0.4) is 0 Å². The third kappa shape index (κ3) is 5.92. The van der Waals surface area contributed by atoms with Crippen LogP contribution in [-0.2, 0) is 10.0 Å². The van der Waals surface area contributed by atoms with Crippen LogP contribution in [-0.4, -0.2) is 49.5 Å². The second-order valence-corrected chi connectivity index (χ2v) is 6.83. The first-order chi connectivity index (χ1) is 9.86. The molecule has 1 aromatic rings. The Morgan fingerprint density at radius 2 is 1.90 bits per heavy atom. The van der Waals surface area contributed by atoms with E-state index in [9.17, 15) is 8.42 Å². The van der Waals surface area contributed by atoms with E-state index in [1.807, 2.05) is 0 Å². The maximum absolute atomic E-state index is 12.0. The largest absolute Gasteiger partial charge is 0.304 e. The van der Waals surface area contributed by atoms with Gasteiger partial charge in [0.25, 0.3) is 0 Å². The fraction of sp³-hybridized carbons (Fsp3) is 0.667. The maximum Gasteiger partial charge on any atom is 0.243 e. The molecule has 0 aliphatic carbocycles. The minimum Gasteiger partial charge on any atom is -0.304 e. The number of rotatable bonds is 9. The number of nitrogen functional groups attached to an aromatic ring is 1. The van der Waals surface area contributed by atoms with Crippen LogP contribution >= 0.6 is 0 Å². The van der Waals surface area contributed by atoms with Crippen LogP contribution in [0.15, 0.2) is 17.3 Å². The van der Waals surface area contributed by atoms with E-state index in [2.05, 4.69) is 45.9 Å². The van der Waals surface area contributed by atoms with E-state index in [0.29, 0.717) is 12.6 Å². The molecule has 4 N–H and O–H groups in total. The standard InChI is InChI=1S/C12H24N6O2S/c1-10(2)18(3)7-5-4-6-16-21(19,20)11-8-14-12(17-13)15-9-11/h8-10,16H,4-7,13H2,1-3H3,(H,14,15,17). The van der Waals surface area contributed by atoms with E-state index in [1.54, 1.807) is 0 Å². The molecule has 0 aliphatic heterocycles. The van der Waals surface area contributed by atoms with Crippen LogP contribution in [0.5, 0.6) is 0 Å². The Labute approximate surface area is 126 Å². The summed E-state index contributed by atoms with van der Waals surface area (Å²) >= 11 is 0. The number of nitrogens with one attached hydrogen (secondary N) is 2. The highest BCUT2D eigenvalue weighted by atomic mass is 32.2. The van der Waals surface area contributed by atoms with E-state index in [-0.39, 0.29) is 10.8 Å². The van der Waals surface area contributed by atoms with Gasteiger partial charge in [0.1, 0.15) is 4.90 Å². The van der Waals surface area contributed by atoms with Crippen molar-refractivity contribution in [2.24, 2.45) is 5.84 Å². The SMILES string of the molecule is CC(C)N(C)CCCCNS(=O)(=O)c1cnc(NN)nc1. The normalized spacial score (nSPS) is 12.1. The number of hydrogen-bond acceptors (Lipinski definition) is 7. The number of anilines is 1. The number of sulfonamides is 1. The molecule has 1 rings (SSSR count). The summed E-state index contributed by atoms with van der Waals surface area (Å²) in [5.41, 5.74) is 2.24. The molecule has 0 atom stereocenters. The number of hydrazine groups is 1. The maximum atomic E-state index is 12.0. The lowest BCUT2D eigenvalue weighted by Gasteiger charge is -2.20. The first kappa shape index (κ1) is 17.8. The van der Waals surface area contributed by atoms with Crippen molar-refractivity contribution in [2.75, 3.05) is 25.6 Å². The zero-order valence-electron chi connectivity index (χ0n) is 12.7. The highest BCUT2D eigenvalue weighted by Gasteiger charge is 2.14. The number of unbranched alkanes of at least 4 members (excludes halogenated alkanes) is 1. The van der Waals surface area contributed by atoms with Crippen molar-refractivity contribution in [1.29, 1.82) is 0 Å². The van der Waals surface area contributed by atoms with Crippen molar-refractivity contribution in [3.05, 3.63) is 12.4 Å². The molecule has 21 heavy (non-hydrogen) atoms. The number of nitrogens with two attached hydrogens (primary N) is 1. The predicted molar refractivity (Wildman–Crippen MR) is 82.0 cm³/mol. The number of nitrogens with zero attached hydrogens (tertiary/aromatic N) is 3. The van der Waals surface area contributed by atoms with Crippen LogP contribution in [0.4, 0.5) is 5.95 Å². The summed E-state index contributed by atoms with van der Waals surface area (Å²) in [7, 11) is -1.50. The Morgan fingerprint density at radius 3 is 2.43 bits per heavy atom. The summed E-state index contributed by atoms with van der Waals surface area (Å²) in [5, 5.41) is 0. The second kappa shape index (κ2) is 8.23. The summed E-state index contributed by atoms with van der Waals surface area (Å²) in [6, 6.07) is 0.494. The Morgan fingerprint density at radius 1 is 1.29 bits per heavy atom. The van der Waals surface area contributed by atoms with Gasteiger partial charge in [-0.3, -0.25) is 5.43 Å². The highest BCUT2D eigenvalue weighted by Crippen LogP contribution is 2.07. The van der Waals surface area contributed by atoms with E-state index in [4.69, 9.17) is 5.84 Å². The molecule has 0 aliphatic rings. The van der Waals surface area contributed by atoms with Gasteiger partial charge < -0.3 is 4.90 Å². The van der Waals surface area contributed by atoms with Crippen LogP contribution in [0.2, 0.25) is 0 Å². The lowest BCUT2D eigenvalue weighted by molar-refractivity contribution is 0.268. The van der Waals surface area contributed by atoms with Crippen LogP contribution in [0, 0.1) is 0 Å². The van der Waals surface area contributed by atoms with Crippen molar-refractivity contribution < 1.29 is 8.42 Å². The van der Waals surface area contributed by atoms with Crippen molar-refractivity contribution in [3.8, 4) is 0 Å². The molecule has 0 amide bonds. The second-order valence-electron chi connectivity index (χ2n) is 5.07. The van der Waals surface area contributed by atoms with Gasteiger partial charge in [-0.2, -0.15) is 0 Å². The van der Waals surface area contributed by atoms with E-state index in [1.165, 1.54) is 12.4 Å². The third-order valence-electron chi connectivity index (χ3n) is 3.18. The van der Waals surface area contributed by atoms with Crippen LogP contribution in [0.25, 0.3) is 0 Å². The van der Waals surface area contributed by atoms with Gasteiger partial charge in [0.15, 0.2) is 0 Å². The summed E-state index contributed by atoms with van der Waals surface area (Å²) in [5.74, 6) is 5.30. The Balaban J connectivity index is 2.39. The molecule has 0 saturated carbocycles. The Kier molecular flexibility index (Phi) is 6.96. The average molecular weight is 316 g/mol. The lowest BCUT2D eigenvalue weighted by Crippen LogP contribution is -2.29. The summed E-state index contributed by atoms with van der Waals surface area (Å²) in [4.78, 5) is 9.81. The van der Waals surface area contributed by atoms with Gasteiger partial charge in [0.2, 0.25) is 16.0 Å². The molecule has 0 radical (unpaired) electrons. The van der Waals surface area contributed by atoms with Gasteiger partial charge in [0, 0.05) is 12.6 Å². The summed E-state index contributed by atoms with van der Waals surface area (Å²) < 4.78 is 26.5. The highest BCUT2D eigenvalue weighted by molar-refractivity contribution is 7.89. The van der Waals surface area contributed by atoms with Crippen molar-refractivity contribution in [3.63, 3.8) is 0 Å². The van der Waals surface area contributed by atoms with Crippen molar-refractivity contribution in [1.82, 2.24) is 19.6 Å². The zero-order valence-corrected chi connectivity index (χ0v) is 13.5. The number of hydrogen-bond donors (Lipinski definition) is 3. The van der Waals surface area contributed by atoms with E-state index >= 15 is 0 Å². The smallest absolute Gasteiger partial charge is 0.243 e. The van der Waals surface area contributed by atoms with Crippen molar-refractivity contribution >= 4 is 16.0 Å². The van der Waals surface area contributed by atoms with Gasteiger partial charge in [-0.15, -0.1) is 0 Å². The van der Waals surface area contributed by atoms with Gasteiger partial charge in [-0.1, -0.05) is 0 Å². The molecule has 1 heterocycles. The fourth-order valence-corrected chi connectivity index (χ4v) is 2.53. The topological polar surface area (TPSA) is 113 Å². The molecule has 0 aromatic carbocycles. The van der Waals surface area contributed by atoms with Gasteiger partial charge in [-0.25, -0.2) is 29.0 Å². The van der Waals surface area contributed by atoms with Crippen LogP contribution in [0.1, 0.15) is 26.7 Å². The molecule has 0 saturated heterocycles. The molecule has 0 spiro atoms. The van der Waals surface area contributed by atoms with Gasteiger partial charge in [-0.05, 0) is 40.3 Å². The minimum atomic E-state index is -3.56. The third-order valence-corrected chi connectivity index (χ3v) is 4.59. The van der Waals surface area contributed by atoms with Gasteiger partial charge >= 0.3 is 0 Å². The Hall–Kier alpha value is -1.29. The zero-order chi connectivity index (χ0) is 15.9. The Bertz CT molecular complexity index is 517. The summed E-state index contributed by atoms with van der Waals surface area (Å²) in [6.45, 7) is 5.59.